The molecular formula is C18H27N3O4S. The molecule has 0 radical (unpaired) electrons. The Morgan fingerprint density at radius 1 is 1.23 bits per heavy atom. The quantitative estimate of drug-likeness (QED) is 0.763. The standard InChI is InChI=1S/C18H27N3O4S/c1-13-6-7-16(9-14(13)2)18(23)19-11-17(22)21-8-4-5-15(12-21)10-20-26(3,24)25/h6-7,9,15,20H,4-5,8,10-12H2,1-3H3,(H,19,23). The highest BCUT2D eigenvalue weighted by Crippen LogP contribution is 2.16. The molecule has 0 saturated carbocycles. The van der Waals surface area contributed by atoms with Crippen LogP contribution in [0.4, 0.5) is 0 Å². The Labute approximate surface area is 155 Å². The van der Waals surface area contributed by atoms with Crippen molar-refractivity contribution in [1.82, 2.24) is 14.9 Å². The van der Waals surface area contributed by atoms with Crippen molar-refractivity contribution in [1.29, 1.82) is 0 Å². The molecule has 144 valence electrons. The molecular weight excluding hydrogens is 354 g/mol. The third-order valence-electron chi connectivity index (χ3n) is 4.68. The summed E-state index contributed by atoms with van der Waals surface area (Å²) in [5.41, 5.74) is 2.68. The fraction of sp³-hybridized carbons (Fsp3) is 0.556. The molecule has 7 nitrogen and oxygen atoms in total. The largest absolute Gasteiger partial charge is 0.343 e. The number of hydrogen-bond donors (Lipinski definition) is 2. The minimum Gasteiger partial charge on any atom is -0.343 e. The van der Waals surface area contributed by atoms with Crippen LogP contribution in [0, 0.1) is 19.8 Å². The SMILES string of the molecule is Cc1ccc(C(=O)NCC(=O)N2CCCC(CNS(C)(=O)=O)C2)cc1C. The van der Waals surface area contributed by atoms with Gasteiger partial charge in [-0.25, -0.2) is 13.1 Å². The maximum absolute atomic E-state index is 12.4. The van der Waals surface area contributed by atoms with Crippen molar-refractivity contribution in [3.63, 3.8) is 0 Å². The number of aryl methyl sites for hydroxylation is 2. The van der Waals surface area contributed by atoms with Gasteiger partial charge in [0.1, 0.15) is 0 Å². The lowest BCUT2D eigenvalue weighted by Crippen LogP contribution is -2.47. The minimum atomic E-state index is -3.23. The number of benzene rings is 1. The Hall–Kier alpha value is -1.93. The van der Waals surface area contributed by atoms with E-state index in [0.717, 1.165) is 30.2 Å². The Morgan fingerprint density at radius 3 is 2.62 bits per heavy atom. The van der Waals surface area contributed by atoms with Crippen LogP contribution >= 0.6 is 0 Å². The average Bonchev–Trinajstić information content (AvgIpc) is 2.59. The van der Waals surface area contributed by atoms with Crippen molar-refractivity contribution in [3.05, 3.63) is 34.9 Å². The van der Waals surface area contributed by atoms with E-state index in [1.807, 2.05) is 26.0 Å². The number of amides is 2. The summed E-state index contributed by atoms with van der Waals surface area (Å²) in [5.74, 6) is -0.321. The molecule has 1 heterocycles. The highest BCUT2D eigenvalue weighted by molar-refractivity contribution is 7.88. The summed E-state index contributed by atoms with van der Waals surface area (Å²) in [6, 6.07) is 5.44. The number of nitrogens with zero attached hydrogens (tertiary/aromatic N) is 1. The van der Waals surface area contributed by atoms with Gasteiger partial charge in [-0.15, -0.1) is 0 Å². The molecule has 1 unspecified atom stereocenters. The van der Waals surface area contributed by atoms with Crippen molar-refractivity contribution in [2.24, 2.45) is 5.92 Å². The van der Waals surface area contributed by atoms with Gasteiger partial charge >= 0.3 is 0 Å². The molecule has 26 heavy (non-hydrogen) atoms. The number of piperidine rings is 1. The van der Waals surface area contributed by atoms with Gasteiger partial charge in [-0.05, 0) is 55.9 Å². The van der Waals surface area contributed by atoms with E-state index in [1.165, 1.54) is 0 Å². The summed E-state index contributed by atoms with van der Waals surface area (Å²) in [6.45, 7) is 5.33. The summed E-state index contributed by atoms with van der Waals surface area (Å²) < 4.78 is 24.9. The zero-order valence-electron chi connectivity index (χ0n) is 15.5. The monoisotopic (exact) mass is 381 g/mol. The van der Waals surface area contributed by atoms with Gasteiger partial charge in [0.05, 0.1) is 12.8 Å². The number of carbonyl (C=O) groups is 2. The second-order valence-corrected chi connectivity index (χ2v) is 8.78. The minimum absolute atomic E-state index is 0.0576. The molecule has 2 rings (SSSR count). The molecule has 0 aromatic heterocycles. The van der Waals surface area contributed by atoms with Crippen molar-refractivity contribution in [3.8, 4) is 0 Å². The summed E-state index contributed by atoms with van der Waals surface area (Å²) in [7, 11) is -3.23. The number of carbonyl (C=O) groups excluding carboxylic acids is 2. The van der Waals surface area contributed by atoms with Crippen LogP contribution < -0.4 is 10.0 Å². The normalized spacial score (nSPS) is 17.8. The fourth-order valence-electron chi connectivity index (χ4n) is 2.98. The van der Waals surface area contributed by atoms with Crippen molar-refractivity contribution in [2.45, 2.75) is 26.7 Å². The molecule has 0 spiro atoms. The molecule has 1 fully saturated rings. The van der Waals surface area contributed by atoms with Crippen LogP contribution in [0.3, 0.4) is 0 Å². The van der Waals surface area contributed by atoms with Gasteiger partial charge in [-0.2, -0.15) is 0 Å². The zero-order chi connectivity index (χ0) is 19.3. The lowest BCUT2D eigenvalue weighted by Gasteiger charge is -2.32. The van der Waals surface area contributed by atoms with Gasteiger partial charge in [-0.3, -0.25) is 9.59 Å². The second kappa shape index (κ2) is 8.64. The van der Waals surface area contributed by atoms with E-state index in [0.29, 0.717) is 25.2 Å². The average molecular weight is 381 g/mol. The van der Waals surface area contributed by atoms with E-state index >= 15 is 0 Å². The van der Waals surface area contributed by atoms with Crippen molar-refractivity contribution in [2.75, 3.05) is 32.4 Å². The van der Waals surface area contributed by atoms with Gasteiger partial charge < -0.3 is 10.2 Å². The number of hydrogen-bond acceptors (Lipinski definition) is 4. The van der Waals surface area contributed by atoms with Crippen LogP contribution in [0.15, 0.2) is 18.2 Å². The molecule has 0 bridgehead atoms. The number of likely N-dealkylation sites (tertiary alicyclic amines) is 1. The smallest absolute Gasteiger partial charge is 0.251 e. The Balaban J connectivity index is 1.84. The van der Waals surface area contributed by atoms with Gasteiger partial charge in [0, 0.05) is 25.2 Å². The van der Waals surface area contributed by atoms with E-state index < -0.39 is 10.0 Å². The first-order valence-electron chi connectivity index (χ1n) is 8.73. The summed E-state index contributed by atoms with van der Waals surface area (Å²) >= 11 is 0. The van der Waals surface area contributed by atoms with E-state index in [9.17, 15) is 18.0 Å². The van der Waals surface area contributed by atoms with Crippen LogP contribution in [0.2, 0.25) is 0 Å². The van der Waals surface area contributed by atoms with Gasteiger partial charge in [0.25, 0.3) is 5.91 Å². The molecule has 0 aliphatic carbocycles. The van der Waals surface area contributed by atoms with Crippen LogP contribution in [-0.4, -0.2) is 57.6 Å². The Morgan fingerprint density at radius 2 is 1.96 bits per heavy atom. The number of nitrogens with one attached hydrogen (secondary N) is 2. The van der Waals surface area contributed by atoms with E-state index in [4.69, 9.17) is 0 Å². The zero-order valence-corrected chi connectivity index (χ0v) is 16.4. The molecule has 2 amide bonds. The number of rotatable bonds is 6. The van der Waals surface area contributed by atoms with Gasteiger partial charge in [0.2, 0.25) is 15.9 Å². The van der Waals surface area contributed by atoms with Crippen LogP contribution in [0.5, 0.6) is 0 Å². The summed E-state index contributed by atoms with van der Waals surface area (Å²) in [4.78, 5) is 26.3. The van der Waals surface area contributed by atoms with E-state index in [-0.39, 0.29) is 24.3 Å². The molecule has 1 saturated heterocycles. The maximum Gasteiger partial charge on any atom is 0.251 e. The molecule has 1 aliphatic heterocycles. The third-order valence-corrected chi connectivity index (χ3v) is 5.37. The molecule has 8 heteroatoms. The highest BCUT2D eigenvalue weighted by atomic mass is 32.2. The topological polar surface area (TPSA) is 95.6 Å². The lowest BCUT2D eigenvalue weighted by molar-refractivity contribution is -0.131. The van der Waals surface area contributed by atoms with Gasteiger partial charge in [-0.1, -0.05) is 6.07 Å². The lowest BCUT2D eigenvalue weighted by atomic mass is 9.98. The van der Waals surface area contributed by atoms with Gasteiger partial charge in [0.15, 0.2) is 0 Å². The Bertz CT molecular complexity index is 777. The van der Waals surface area contributed by atoms with Crippen LogP contribution in [-0.2, 0) is 14.8 Å². The molecule has 1 aromatic rings. The van der Waals surface area contributed by atoms with Crippen molar-refractivity contribution < 1.29 is 18.0 Å². The number of sulfonamides is 1. The van der Waals surface area contributed by atoms with Crippen LogP contribution in [0.1, 0.15) is 34.3 Å². The molecule has 1 atom stereocenters. The van der Waals surface area contributed by atoms with E-state index in [1.54, 1.807) is 11.0 Å². The molecule has 2 N–H and O–H groups in total. The Kier molecular flexibility index (Phi) is 6.77. The predicted molar refractivity (Wildman–Crippen MR) is 100 cm³/mol. The first kappa shape index (κ1) is 20.4. The van der Waals surface area contributed by atoms with Crippen molar-refractivity contribution >= 4 is 21.8 Å². The van der Waals surface area contributed by atoms with Crippen LogP contribution in [0.25, 0.3) is 0 Å². The molecule has 1 aliphatic rings. The predicted octanol–water partition coefficient (Wildman–Crippen LogP) is 0.821. The first-order chi connectivity index (χ1) is 12.2. The van der Waals surface area contributed by atoms with E-state index in [2.05, 4.69) is 10.0 Å². The fourth-order valence-corrected chi connectivity index (χ4v) is 3.52. The third kappa shape index (κ3) is 6.10. The maximum atomic E-state index is 12.4. The molecule has 1 aromatic carbocycles. The summed E-state index contributed by atoms with van der Waals surface area (Å²) in [6.07, 6.45) is 2.83. The first-order valence-corrected chi connectivity index (χ1v) is 10.6. The second-order valence-electron chi connectivity index (χ2n) is 6.95. The summed E-state index contributed by atoms with van der Waals surface area (Å²) in [5, 5.41) is 2.67. The highest BCUT2D eigenvalue weighted by Gasteiger charge is 2.24.